The first-order valence-electron chi connectivity index (χ1n) is 10.2. The molecule has 1 atom stereocenters. The van der Waals surface area contributed by atoms with Crippen LogP contribution in [0, 0.1) is 6.92 Å². The van der Waals surface area contributed by atoms with Crippen molar-refractivity contribution < 1.29 is 17.9 Å². The SMILES string of the molecule is Cc1ccc2c(c1)cc(S(=O)(=O)c1ccccc1)c(=O)n2CC(=O)NCC1CCCO1. The third-order valence-electron chi connectivity index (χ3n) is 5.41. The van der Waals surface area contributed by atoms with E-state index < -0.39 is 15.4 Å². The number of benzene rings is 2. The smallest absolute Gasteiger partial charge is 0.270 e. The summed E-state index contributed by atoms with van der Waals surface area (Å²) >= 11 is 0. The minimum absolute atomic E-state index is 0.0233. The number of aromatic nitrogens is 1. The zero-order valence-corrected chi connectivity index (χ0v) is 18.0. The molecule has 1 amide bonds. The summed E-state index contributed by atoms with van der Waals surface area (Å²) in [6.45, 7) is 2.66. The molecule has 0 aliphatic carbocycles. The molecule has 7 nitrogen and oxygen atoms in total. The van der Waals surface area contributed by atoms with E-state index in [1.165, 1.54) is 22.8 Å². The van der Waals surface area contributed by atoms with Crippen molar-refractivity contribution in [2.75, 3.05) is 13.2 Å². The average Bonchev–Trinajstić information content (AvgIpc) is 3.28. The van der Waals surface area contributed by atoms with E-state index >= 15 is 0 Å². The third kappa shape index (κ3) is 4.40. The lowest BCUT2D eigenvalue weighted by Gasteiger charge is -2.15. The molecule has 162 valence electrons. The summed E-state index contributed by atoms with van der Waals surface area (Å²) in [5, 5.41) is 3.38. The summed E-state index contributed by atoms with van der Waals surface area (Å²) in [6.07, 6.45) is 1.82. The molecule has 4 rings (SSSR count). The Balaban J connectivity index is 1.76. The standard InChI is InChI=1S/C23H24N2O5S/c1-16-9-10-20-17(12-16)13-21(31(28,29)19-7-3-2-4-8-19)23(27)25(20)15-22(26)24-14-18-6-5-11-30-18/h2-4,7-10,12-13,18H,5-6,11,14-15H2,1H3,(H,24,26). The second kappa shape index (κ2) is 8.64. The molecule has 2 aromatic carbocycles. The maximum Gasteiger partial charge on any atom is 0.270 e. The summed E-state index contributed by atoms with van der Waals surface area (Å²) in [7, 11) is -4.04. The number of nitrogens with one attached hydrogen (secondary N) is 1. The Morgan fingerprint density at radius 3 is 2.65 bits per heavy atom. The highest BCUT2D eigenvalue weighted by Crippen LogP contribution is 2.23. The minimum Gasteiger partial charge on any atom is -0.376 e. The Bertz CT molecular complexity index is 1280. The molecule has 0 radical (unpaired) electrons. The molecule has 8 heteroatoms. The molecule has 1 N–H and O–H groups in total. The van der Waals surface area contributed by atoms with Crippen LogP contribution in [0.3, 0.4) is 0 Å². The van der Waals surface area contributed by atoms with Crippen molar-refractivity contribution in [1.82, 2.24) is 9.88 Å². The van der Waals surface area contributed by atoms with E-state index in [4.69, 9.17) is 4.74 Å². The zero-order valence-electron chi connectivity index (χ0n) is 17.2. The highest BCUT2D eigenvalue weighted by molar-refractivity contribution is 7.91. The quantitative estimate of drug-likeness (QED) is 0.635. The number of ether oxygens (including phenoxy) is 1. The van der Waals surface area contributed by atoms with Gasteiger partial charge in [-0.05, 0) is 50.1 Å². The predicted molar refractivity (Wildman–Crippen MR) is 117 cm³/mol. The molecule has 1 fully saturated rings. The van der Waals surface area contributed by atoms with Gasteiger partial charge in [0, 0.05) is 18.5 Å². The van der Waals surface area contributed by atoms with E-state index in [2.05, 4.69) is 5.32 Å². The fourth-order valence-corrected chi connectivity index (χ4v) is 5.18. The van der Waals surface area contributed by atoms with Gasteiger partial charge in [-0.1, -0.05) is 29.8 Å². The van der Waals surface area contributed by atoms with Crippen LogP contribution in [0.1, 0.15) is 18.4 Å². The van der Waals surface area contributed by atoms with Crippen molar-refractivity contribution >= 4 is 26.6 Å². The fourth-order valence-electron chi connectivity index (χ4n) is 3.79. The number of carbonyl (C=O) groups excluding carboxylic acids is 1. The highest BCUT2D eigenvalue weighted by atomic mass is 32.2. The number of sulfone groups is 1. The Morgan fingerprint density at radius 2 is 1.94 bits per heavy atom. The van der Waals surface area contributed by atoms with Crippen LogP contribution >= 0.6 is 0 Å². The molecule has 0 spiro atoms. The summed E-state index contributed by atoms with van der Waals surface area (Å²) in [6, 6.07) is 14.6. The van der Waals surface area contributed by atoms with Crippen molar-refractivity contribution in [2.24, 2.45) is 0 Å². The highest BCUT2D eigenvalue weighted by Gasteiger charge is 2.25. The van der Waals surface area contributed by atoms with Gasteiger partial charge in [0.1, 0.15) is 11.4 Å². The van der Waals surface area contributed by atoms with Crippen LogP contribution in [-0.4, -0.2) is 38.1 Å². The number of hydrogen-bond donors (Lipinski definition) is 1. The predicted octanol–water partition coefficient (Wildman–Crippen LogP) is 2.44. The Labute approximate surface area is 180 Å². The Hall–Kier alpha value is -2.97. The van der Waals surface area contributed by atoms with Crippen LogP contribution < -0.4 is 10.9 Å². The second-order valence-corrected chi connectivity index (χ2v) is 9.64. The van der Waals surface area contributed by atoms with E-state index in [9.17, 15) is 18.0 Å². The van der Waals surface area contributed by atoms with Crippen LogP contribution in [0.4, 0.5) is 0 Å². The first kappa shape index (κ1) is 21.3. The van der Waals surface area contributed by atoms with Gasteiger partial charge in [-0.2, -0.15) is 0 Å². The zero-order chi connectivity index (χ0) is 22.0. The first-order valence-corrected chi connectivity index (χ1v) is 11.7. The maximum atomic E-state index is 13.3. The number of carbonyl (C=O) groups is 1. The molecule has 1 aliphatic heterocycles. The number of fused-ring (bicyclic) bond motifs is 1. The van der Waals surface area contributed by atoms with Crippen LogP contribution in [0.5, 0.6) is 0 Å². The summed E-state index contributed by atoms with van der Waals surface area (Å²) in [4.78, 5) is 25.5. The van der Waals surface area contributed by atoms with Crippen molar-refractivity contribution in [3.05, 3.63) is 70.5 Å². The van der Waals surface area contributed by atoms with Gasteiger partial charge in [-0.3, -0.25) is 14.2 Å². The van der Waals surface area contributed by atoms with Gasteiger partial charge < -0.3 is 10.1 Å². The van der Waals surface area contributed by atoms with Gasteiger partial charge in [-0.15, -0.1) is 0 Å². The third-order valence-corrected chi connectivity index (χ3v) is 7.18. The van der Waals surface area contributed by atoms with Crippen LogP contribution in [-0.2, 0) is 25.9 Å². The van der Waals surface area contributed by atoms with Gasteiger partial charge in [-0.25, -0.2) is 8.42 Å². The average molecular weight is 441 g/mol. The van der Waals surface area contributed by atoms with E-state index in [0.717, 1.165) is 18.4 Å². The first-order chi connectivity index (χ1) is 14.9. The van der Waals surface area contributed by atoms with Crippen LogP contribution in [0.2, 0.25) is 0 Å². The molecule has 0 saturated carbocycles. The maximum absolute atomic E-state index is 13.3. The Kier molecular flexibility index (Phi) is 5.93. The lowest BCUT2D eigenvalue weighted by atomic mass is 10.1. The molecule has 2 heterocycles. The summed E-state index contributed by atoms with van der Waals surface area (Å²) < 4.78 is 33.1. The van der Waals surface area contributed by atoms with E-state index in [1.807, 2.05) is 13.0 Å². The van der Waals surface area contributed by atoms with Crippen molar-refractivity contribution in [3.8, 4) is 0 Å². The topological polar surface area (TPSA) is 94.5 Å². The van der Waals surface area contributed by atoms with Crippen molar-refractivity contribution in [1.29, 1.82) is 0 Å². The number of pyridine rings is 1. The van der Waals surface area contributed by atoms with E-state index in [0.29, 0.717) is 24.1 Å². The normalized spacial score (nSPS) is 16.5. The van der Waals surface area contributed by atoms with E-state index in [-0.39, 0.29) is 28.3 Å². The molecule has 0 bridgehead atoms. The number of rotatable bonds is 6. The molecule has 3 aromatic rings. The van der Waals surface area contributed by atoms with Gasteiger partial charge in [0.05, 0.1) is 16.5 Å². The van der Waals surface area contributed by atoms with Crippen molar-refractivity contribution in [3.63, 3.8) is 0 Å². The van der Waals surface area contributed by atoms with Crippen LogP contribution in [0.15, 0.2) is 69.2 Å². The molecule has 1 aliphatic rings. The molecule has 1 aromatic heterocycles. The number of nitrogens with zero attached hydrogens (tertiary/aromatic N) is 1. The Morgan fingerprint density at radius 1 is 1.16 bits per heavy atom. The van der Waals surface area contributed by atoms with Crippen LogP contribution in [0.25, 0.3) is 10.9 Å². The largest absolute Gasteiger partial charge is 0.376 e. The van der Waals surface area contributed by atoms with E-state index in [1.54, 1.807) is 30.3 Å². The summed E-state index contributed by atoms with van der Waals surface area (Å²) in [5.74, 6) is -0.367. The molecular weight excluding hydrogens is 416 g/mol. The molecule has 1 unspecified atom stereocenters. The van der Waals surface area contributed by atoms with Gasteiger partial charge >= 0.3 is 0 Å². The monoisotopic (exact) mass is 440 g/mol. The second-order valence-electron chi connectivity index (χ2n) is 7.72. The number of amides is 1. The van der Waals surface area contributed by atoms with Crippen molar-refractivity contribution in [2.45, 2.75) is 42.2 Å². The lowest BCUT2D eigenvalue weighted by Crippen LogP contribution is -2.37. The van der Waals surface area contributed by atoms with Gasteiger partial charge in [0.15, 0.2) is 0 Å². The summed E-state index contributed by atoms with van der Waals surface area (Å²) in [5.41, 5.74) is 0.714. The van der Waals surface area contributed by atoms with Gasteiger partial charge in [0.25, 0.3) is 5.56 Å². The minimum atomic E-state index is -4.04. The molecule has 1 saturated heterocycles. The fraction of sp³-hybridized carbons (Fsp3) is 0.304. The number of aryl methyl sites for hydroxylation is 1. The molecule has 31 heavy (non-hydrogen) atoms. The van der Waals surface area contributed by atoms with Gasteiger partial charge in [0.2, 0.25) is 15.7 Å². The lowest BCUT2D eigenvalue weighted by molar-refractivity contribution is -0.122. The molecular formula is C23H24N2O5S. The number of hydrogen-bond acceptors (Lipinski definition) is 5.